The minimum atomic E-state index is -0.315. The molecule has 0 saturated heterocycles. The van der Waals surface area contributed by atoms with E-state index >= 15 is 0 Å². The predicted octanol–water partition coefficient (Wildman–Crippen LogP) is 4.45. The van der Waals surface area contributed by atoms with Crippen molar-refractivity contribution in [3.05, 3.63) is 65.7 Å². The molecule has 1 atom stereocenters. The number of fused-ring (bicyclic) bond motifs is 1. The molecule has 0 aliphatic carbocycles. The number of alkyl halides is 1. The van der Waals surface area contributed by atoms with E-state index < -0.39 is 0 Å². The van der Waals surface area contributed by atoms with Crippen LogP contribution >= 0.6 is 22.6 Å². The van der Waals surface area contributed by atoms with Crippen molar-refractivity contribution in [3.63, 3.8) is 0 Å². The third-order valence-corrected chi connectivity index (χ3v) is 4.75. The number of nitrogens with zero attached hydrogens (tertiary/aromatic N) is 1. The van der Waals surface area contributed by atoms with Crippen LogP contribution in [0.4, 0.5) is 5.69 Å². The number of benzene rings is 2. The van der Waals surface area contributed by atoms with Gasteiger partial charge in [0.15, 0.2) is 0 Å². The van der Waals surface area contributed by atoms with Crippen LogP contribution in [0.25, 0.3) is 0 Å². The molecule has 0 fully saturated rings. The van der Waals surface area contributed by atoms with Crippen molar-refractivity contribution in [2.24, 2.45) is 4.99 Å². The van der Waals surface area contributed by atoms with Crippen LogP contribution < -0.4 is 0 Å². The van der Waals surface area contributed by atoms with E-state index in [1.807, 2.05) is 48.5 Å². The van der Waals surface area contributed by atoms with Gasteiger partial charge in [0.1, 0.15) is 5.60 Å². The smallest absolute Gasteiger partial charge is 0.222 e. The molecule has 2 nitrogen and oxygen atoms in total. The Bertz CT molecular complexity index is 624. The normalized spacial score (nSPS) is 21.3. The molecule has 3 rings (SSSR count). The van der Waals surface area contributed by atoms with Crippen LogP contribution in [0.2, 0.25) is 0 Å². The van der Waals surface area contributed by atoms with Gasteiger partial charge in [0, 0.05) is 15.6 Å². The molecule has 3 heteroatoms. The van der Waals surface area contributed by atoms with Gasteiger partial charge in [-0.1, -0.05) is 59.0 Å². The van der Waals surface area contributed by atoms with E-state index in [0.29, 0.717) is 5.90 Å². The summed E-state index contributed by atoms with van der Waals surface area (Å²) in [4.78, 5) is 4.65. The zero-order chi connectivity index (χ0) is 13.3. The highest BCUT2D eigenvalue weighted by atomic mass is 127. The number of hydrogen-bond donors (Lipinski definition) is 0. The van der Waals surface area contributed by atoms with Crippen molar-refractivity contribution < 1.29 is 4.74 Å². The van der Waals surface area contributed by atoms with E-state index in [1.165, 1.54) is 0 Å². The standard InChI is InChI=1S/C16H14INO/c1-16(11-17)13-9-5-6-10-14(13)18-15(19-16)12-7-3-2-4-8-12/h2-10H,11H2,1H3. The molecule has 1 heterocycles. The van der Waals surface area contributed by atoms with Crippen LogP contribution in [0, 0.1) is 0 Å². The number of hydrogen-bond acceptors (Lipinski definition) is 2. The molecule has 0 N–H and O–H groups in total. The van der Waals surface area contributed by atoms with Crippen molar-refractivity contribution in [2.75, 3.05) is 4.43 Å². The Kier molecular flexibility index (Phi) is 3.31. The molecule has 0 saturated carbocycles. The lowest BCUT2D eigenvalue weighted by Crippen LogP contribution is -2.33. The van der Waals surface area contributed by atoms with E-state index in [1.54, 1.807) is 0 Å². The first-order chi connectivity index (χ1) is 9.23. The van der Waals surface area contributed by atoms with Crippen molar-refractivity contribution in [1.82, 2.24) is 0 Å². The molecular weight excluding hydrogens is 349 g/mol. The topological polar surface area (TPSA) is 21.6 Å². The van der Waals surface area contributed by atoms with Crippen molar-refractivity contribution in [1.29, 1.82) is 0 Å². The lowest BCUT2D eigenvalue weighted by atomic mass is 9.94. The Morgan fingerprint density at radius 2 is 1.74 bits per heavy atom. The summed E-state index contributed by atoms with van der Waals surface area (Å²) in [6.45, 7) is 2.12. The number of aliphatic imine (C=N–C) groups is 1. The molecule has 1 aliphatic heterocycles. The predicted molar refractivity (Wildman–Crippen MR) is 86.4 cm³/mol. The Hall–Kier alpha value is -1.36. The summed E-state index contributed by atoms with van der Waals surface area (Å²) in [6, 6.07) is 18.3. The van der Waals surface area contributed by atoms with Gasteiger partial charge >= 0.3 is 0 Å². The highest BCUT2D eigenvalue weighted by molar-refractivity contribution is 14.1. The first-order valence-electron chi connectivity index (χ1n) is 6.21. The van der Waals surface area contributed by atoms with Crippen molar-refractivity contribution in [2.45, 2.75) is 12.5 Å². The lowest BCUT2D eigenvalue weighted by molar-refractivity contribution is 0.0999. The molecular formula is C16H14INO. The number of halogens is 1. The summed E-state index contributed by atoms with van der Waals surface area (Å²) in [5, 5.41) is 0. The largest absolute Gasteiger partial charge is 0.465 e. The third-order valence-electron chi connectivity index (χ3n) is 3.29. The second kappa shape index (κ2) is 4.96. The van der Waals surface area contributed by atoms with Gasteiger partial charge in [-0.2, -0.15) is 0 Å². The van der Waals surface area contributed by atoms with Crippen LogP contribution in [0.3, 0.4) is 0 Å². The molecule has 96 valence electrons. The molecule has 19 heavy (non-hydrogen) atoms. The first kappa shape index (κ1) is 12.7. The summed E-state index contributed by atoms with van der Waals surface area (Å²) in [5.74, 6) is 0.707. The van der Waals surface area contributed by atoms with Crippen molar-refractivity contribution in [3.8, 4) is 0 Å². The van der Waals surface area contributed by atoms with Gasteiger partial charge in [0.05, 0.1) is 5.69 Å². The van der Waals surface area contributed by atoms with Crippen LogP contribution in [0.1, 0.15) is 18.1 Å². The van der Waals surface area contributed by atoms with Gasteiger partial charge in [0.2, 0.25) is 5.90 Å². The average molecular weight is 363 g/mol. The van der Waals surface area contributed by atoms with E-state index in [2.05, 4.69) is 40.6 Å². The fourth-order valence-corrected chi connectivity index (χ4v) is 2.79. The molecule has 2 aromatic carbocycles. The van der Waals surface area contributed by atoms with E-state index in [9.17, 15) is 0 Å². The summed E-state index contributed by atoms with van der Waals surface area (Å²) in [7, 11) is 0. The number of para-hydroxylation sites is 1. The molecule has 0 radical (unpaired) electrons. The van der Waals surface area contributed by atoms with Gasteiger partial charge in [-0.3, -0.25) is 0 Å². The van der Waals surface area contributed by atoms with Gasteiger partial charge in [-0.05, 0) is 25.1 Å². The van der Waals surface area contributed by atoms with Crippen LogP contribution in [-0.2, 0) is 10.3 Å². The second-order valence-electron chi connectivity index (χ2n) is 4.77. The molecule has 0 spiro atoms. The lowest BCUT2D eigenvalue weighted by Gasteiger charge is -2.34. The number of rotatable bonds is 2. The highest BCUT2D eigenvalue weighted by Gasteiger charge is 2.35. The molecule has 2 aromatic rings. The maximum atomic E-state index is 6.18. The quantitative estimate of drug-likeness (QED) is 0.571. The minimum absolute atomic E-state index is 0.315. The molecule has 0 amide bonds. The van der Waals surface area contributed by atoms with Gasteiger partial charge < -0.3 is 4.74 Å². The van der Waals surface area contributed by atoms with E-state index in [0.717, 1.165) is 21.2 Å². The third kappa shape index (κ3) is 2.27. The van der Waals surface area contributed by atoms with Crippen molar-refractivity contribution >= 4 is 34.2 Å². The Labute approximate surface area is 126 Å². The fourth-order valence-electron chi connectivity index (χ4n) is 2.22. The van der Waals surface area contributed by atoms with Gasteiger partial charge in [-0.25, -0.2) is 4.99 Å². The van der Waals surface area contributed by atoms with Crippen LogP contribution in [0.5, 0.6) is 0 Å². The maximum Gasteiger partial charge on any atom is 0.222 e. The number of ether oxygens (including phenoxy) is 1. The molecule has 1 aliphatic rings. The zero-order valence-corrected chi connectivity index (χ0v) is 12.8. The van der Waals surface area contributed by atoms with E-state index in [-0.39, 0.29) is 5.60 Å². The summed E-state index contributed by atoms with van der Waals surface area (Å²) >= 11 is 2.37. The summed E-state index contributed by atoms with van der Waals surface area (Å²) < 4.78 is 7.06. The Morgan fingerprint density at radius 1 is 1.05 bits per heavy atom. The second-order valence-corrected chi connectivity index (χ2v) is 5.53. The van der Waals surface area contributed by atoms with E-state index in [4.69, 9.17) is 4.74 Å². The Balaban J connectivity index is 2.14. The molecule has 1 unspecified atom stereocenters. The molecule has 0 aromatic heterocycles. The average Bonchev–Trinajstić information content (AvgIpc) is 2.48. The highest BCUT2D eigenvalue weighted by Crippen LogP contribution is 2.39. The summed E-state index contributed by atoms with van der Waals surface area (Å²) in [5.41, 5.74) is 2.87. The fraction of sp³-hybridized carbons (Fsp3) is 0.188. The zero-order valence-electron chi connectivity index (χ0n) is 10.6. The minimum Gasteiger partial charge on any atom is -0.465 e. The van der Waals surface area contributed by atoms with Crippen LogP contribution in [0.15, 0.2) is 59.6 Å². The maximum absolute atomic E-state index is 6.18. The molecule has 0 bridgehead atoms. The van der Waals surface area contributed by atoms with Gasteiger partial charge in [0.25, 0.3) is 0 Å². The monoisotopic (exact) mass is 363 g/mol. The SMILES string of the molecule is CC1(CI)OC(c2ccccc2)=Nc2ccccc21. The summed E-state index contributed by atoms with van der Waals surface area (Å²) in [6.07, 6.45) is 0. The van der Waals surface area contributed by atoms with Crippen LogP contribution in [-0.4, -0.2) is 10.3 Å². The Morgan fingerprint density at radius 3 is 2.47 bits per heavy atom. The van der Waals surface area contributed by atoms with Gasteiger partial charge in [-0.15, -0.1) is 0 Å². The first-order valence-corrected chi connectivity index (χ1v) is 7.74.